The van der Waals surface area contributed by atoms with Crippen LogP contribution in [0.2, 0.25) is 0 Å². The average Bonchev–Trinajstić information content (AvgIpc) is 3.26. The van der Waals surface area contributed by atoms with Crippen LogP contribution in [0.25, 0.3) is 0 Å². The Bertz CT molecular complexity index is 553. The molecule has 0 unspecified atom stereocenters. The number of imide groups is 1. The summed E-state index contributed by atoms with van der Waals surface area (Å²) >= 11 is 0. The molecule has 0 spiro atoms. The van der Waals surface area contributed by atoms with Gasteiger partial charge in [-0.2, -0.15) is 0 Å². The van der Waals surface area contributed by atoms with Crippen LogP contribution in [0.5, 0.6) is 0 Å². The number of nitrogens with zero attached hydrogens (tertiary/aromatic N) is 1. The second-order valence-corrected chi connectivity index (χ2v) is 6.70. The molecule has 2 bridgehead atoms. The molecule has 0 saturated carbocycles. The molecule has 0 aliphatic carbocycles. The van der Waals surface area contributed by atoms with E-state index in [0.29, 0.717) is 6.42 Å². The predicted molar refractivity (Wildman–Crippen MR) is 79.4 cm³/mol. The van der Waals surface area contributed by atoms with Crippen LogP contribution in [-0.2, 0) is 23.9 Å². The number of hydrogen-bond donors (Lipinski definition) is 2. The van der Waals surface area contributed by atoms with Crippen molar-refractivity contribution in [2.45, 2.75) is 25.6 Å². The van der Waals surface area contributed by atoms with Gasteiger partial charge in [-0.1, -0.05) is 12.2 Å². The minimum absolute atomic E-state index is 0.00240. The lowest BCUT2D eigenvalue weighted by Crippen LogP contribution is -2.38. The van der Waals surface area contributed by atoms with Gasteiger partial charge < -0.3 is 19.7 Å². The van der Waals surface area contributed by atoms with E-state index in [4.69, 9.17) is 19.7 Å². The first-order valence-corrected chi connectivity index (χ1v) is 8.01. The lowest BCUT2D eigenvalue weighted by Gasteiger charge is -2.22. The van der Waals surface area contributed by atoms with Gasteiger partial charge in [0.2, 0.25) is 11.8 Å². The maximum absolute atomic E-state index is 12.4. The SMILES string of the molecule is CC(CO)(CO)C(=O)OCCCN1C(=O)[C@@H]2[C@H](C1=O)[C@H]1C=C[C@@H]2O1. The van der Waals surface area contributed by atoms with Gasteiger partial charge in [0.1, 0.15) is 5.41 Å². The number of amides is 2. The number of hydrogen-bond acceptors (Lipinski definition) is 7. The van der Waals surface area contributed by atoms with Crippen molar-refractivity contribution in [2.75, 3.05) is 26.4 Å². The summed E-state index contributed by atoms with van der Waals surface area (Å²) in [5.41, 5.74) is -1.35. The summed E-state index contributed by atoms with van der Waals surface area (Å²) in [5.74, 6) is -2.03. The fraction of sp³-hybridized carbons (Fsp3) is 0.688. The molecule has 0 aromatic rings. The molecule has 0 aromatic carbocycles. The van der Waals surface area contributed by atoms with E-state index in [1.54, 1.807) is 0 Å². The second-order valence-electron chi connectivity index (χ2n) is 6.70. The van der Waals surface area contributed by atoms with Crippen LogP contribution < -0.4 is 0 Å². The molecule has 8 nitrogen and oxygen atoms in total. The largest absolute Gasteiger partial charge is 0.465 e. The van der Waals surface area contributed by atoms with E-state index >= 15 is 0 Å². The average molecular weight is 339 g/mol. The van der Waals surface area contributed by atoms with Gasteiger partial charge in [-0.05, 0) is 13.3 Å². The Labute approximate surface area is 139 Å². The molecule has 3 aliphatic rings. The number of fused-ring (bicyclic) bond motifs is 5. The van der Waals surface area contributed by atoms with E-state index in [0.717, 1.165) is 0 Å². The molecule has 2 amide bonds. The summed E-state index contributed by atoms with van der Waals surface area (Å²) in [6.45, 7) is 0.525. The van der Waals surface area contributed by atoms with Crippen molar-refractivity contribution >= 4 is 17.8 Å². The smallest absolute Gasteiger partial charge is 0.316 e. The summed E-state index contributed by atoms with van der Waals surface area (Å²) in [5, 5.41) is 18.3. The maximum atomic E-state index is 12.4. The van der Waals surface area contributed by atoms with Crippen molar-refractivity contribution in [3.8, 4) is 0 Å². The van der Waals surface area contributed by atoms with E-state index in [9.17, 15) is 14.4 Å². The molecular weight excluding hydrogens is 318 g/mol. The van der Waals surface area contributed by atoms with Crippen LogP contribution >= 0.6 is 0 Å². The predicted octanol–water partition coefficient (Wildman–Crippen LogP) is -1.15. The minimum atomic E-state index is -1.35. The van der Waals surface area contributed by atoms with Gasteiger partial charge in [0.05, 0.1) is 43.9 Å². The molecule has 4 atom stereocenters. The van der Waals surface area contributed by atoms with Crippen molar-refractivity contribution < 1.29 is 34.1 Å². The molecule has 0 radical (unpaired) electrons. The highest BCUT2D eigenvalue weighted by Gasteiger charge is 2.60. The number of aliphatic hydroxyl groups excluding tert-OH is 2. The third-order valence-electron chi connectivity index (χ3n) is 4.95. The van der Waals surface area contributed by atoms with Crippen LogP contribution in [-0.4, -0.2) is 71.5 Å². The molecule has 3 heterocycles. The quantitative estimate of drug-likeness (QED) is 0.260. The van der Waals surface area contributed by atoms with Crippen molar-refractivity contribution in [1.29, 1.82) is 0 Å². The first-order valence-electron chi connectivity index (χ1n) is 8.01. The molecular formula is C16H21NO7. The topological polar surface area (TPSA) is 113 Å². The normalized spacial score (nSPS) is 31.0. The van der Waals surface area contributed by atoms with E-state index in [1.807, 2.05) is 12.2 Å². The first kappa shape index (κ1) is 17.1. The molecule has 3 aliphatic heterocycles. The van der Waals surface area contributed by atoms with Gasteiger partial charge in [0.25, 0.3) is 0 Å². The standard InChI is InChI=1S/C16H21NO7/c1-16(7-18,8-19)15(22)23-6-2-5-17-13(20)11-9-3-4-10(24-9)12(11)14(17)21/h3-4,9-12,18-19H,2,5-8H2,1H3/t9-,10+,11-,12+. The third kappa shape index (κ3) is 2.54. The zero-order valence-corrected chi connectivity index (χ0v) is 13.4. The van der Waals surface area contributed by atoms with Crippen molar-refractivity contribution in [2.24, 2.45) is 17.3 Å². The van der Waals surface area contributed by atoms with Gasteiger partial charge in [-0.3, -0.25) is 19.3 Å². The van der Waals surface area contributed by atoms with E-state index < -0.39 is 36.4 Å². The number of aliphatic hydroxyl groups is 2. The number of esters is 1. The van der Waals surface area contributed by atoms with Crippen LogP contribution in [0.3, 0.4) is 0 Å². The fourth-order valence-electron chi connectivity index (χ4n) is 3.33. The molecule has 0 aromatic heterocycles. The first-order chi connectivity index (χ1) is 11.4. The van der Waals surface area contributed by atoms with Gasteiger partial charge >= 0.3 is 5.97 Å². The monoisotopic (exact) mass is 339 g/mol. The molecule has 2 fully saturated rings. The summed E-state index contributed by atoms with van der Waals surface area (Å²) in [7, 11) is 0. The third-order valence-corrected chi connectivity index (χ3v) is 4.95. The Morgan fingerprint density at radius 2 is 1.75 bits per heavy atom. The Kier molecular flexibility index (Phi) is 4.46. The van der Waals surface area contributed by atoms with Gasteiger partial charge in [0, 0.05) is 6.54 Å². The number of ether oxygens (including phenoxy) is 2. The highest BCUT2D eigenvalue weighted by Crippen LogP contribution is 2.44. The molecule has 2 saturated heterocycles. The number of rotatable bonds is 7. The number of likely N-dealkylation sites (tertiary alicyclic amines) is 1. The zero-order chi connectivity index (χ0) is 17.5. The highest BCUT2D eigenvalue weighted by molar-refractivity contribution is 6.06. The molecule has 8 heteroatoms. The lowest BCUT2D eigenvalue weighted by molar-refractivity contribution is -0.160. The van der Waals surface area contributed by atoms with Crippen LogP contribution in [0.4, 0.5) is 0 Å². The molecule has 3 rings (SSSR count). The summed E-state index contributed by atoms with van der Waals surface area (Å²) in [6.07, 6.45) is 3.34. The maximum Gasteiger partial charge on any atom is 0.316 e. The number of carbonyl (C=O) groups is 3. The van der Waals surface area contributed by atoms with Crippen molar-refractivity contribution in [3.05, 3.63) is 12.2 Å². The molecule has 2 N–H and O–H groups in total. The summed E-state index contributed by atoms with van der Waals surface area (Å²) in [6, 6.07) is 0. The Morgan fingerprint density at radius 3 is 2.25 bits per heavy atom. The minimum Gasteiger partial charge on any atom is -0.465 e. The van der Waals surface area contributed by atoms with Crippen LogP contribution in [0, 0.1) is 17.3 Å². The second kappa shape index (κ2) is 6.27. The summed E-state index contributed by atoms with van der Waals surface area (Å²) < 4.78 is 10.6. The van der Waals surface area contributed by atoms with E-state index in [-0.39, 0.29) is 37.2 Å². The lowest BCUT2D eigenvalue weighted by atomic mass is 9.85. The molecule has 24 heavy (non-hydrogen) atoms. The van der Waals surface area contributed by atoms with Gasteiger partial charge in [0.15, 0.2) is 0 Å². The van der Waals surface area contributed by atoms with Crippen molar-refractivity contribution in [1.82, 2.24) is 4.90 Å². The zero-order valence-electron chi connectivity index (χ0n) is 13.4. The molecule has 132 valence electrons. The van der Waals surface area contributed by atoms with Gasteiger partial charge in [-0.25, -0.2) is 0 Å². The summed E-state index contributed by atoms with van der Waals surface area (Å²) in [4.78, 5) is 37.8. The van der Waals surface area contributed by atoms with E-state index in [1.165, 1.54) is 11.8 Å². The van der Waals surface area contributed by atoms with Crippen LogP contribution in [0.15, 0.2) is 12.2 Å². The fourth-order valence-corrected chi connectivity index (χ4v) is 3.33. The van der Waals surface area contributed by atoms with Gasteiger partial charge in [-0.15, -0.1) is 0 Å². The number of carbonyl (C=O) groups excluding carboxylic acids is 3. The Hall–Kier alpha value is -1.77. The van der Waals surface area contributed by atoms with Crippen LogP contribution in [0.1, 0.15) is 13.3 Å². The Balaban J connectivity index is 1.49. The Morgan fingerprint density at radius 1 is 1.21 bits per heavy atom. The van der Waals surface area contributed by atoms with E-state index in [2.05, 4.69) is 0 Å². The van der Waals surface area contributed by atoms with Crippen molar-refractivity contribution in [3.63, 3.8) is 0 Å². The highest BCUT2D eigenvalue weighted by atomic mass is 16.5.